The summed E-state index contributed by atoms with van der Waals surface area (Å²) in [7, 11) is 0. The van der Waals surface area contributed by atoms with E-state index in [9.17, 15) is 14.9 Å². The van der Waals surface area contributed by atoms with Crippen molar-refractivity contribution >= 4 is 23.6 Å². The summed E-state index contributed by atoms with van der Waals surface area (Å²) in [6, 6.07) is 9.13. The number of benzene rings is 1. The number of hydrogen-bond donors (Lipinski definition) is 1. The second-order valence-electron chi connectivity index (χ2n) is 7.87. The van der Waals surface area contributed by atoms with Crippen LogP contribution >= 0.6 is 0 Å². The summed E-state index contributed by atoms with van der Waals surface area (Å²) >= 11 is 0. The Labute approximate surface area is 194 Å². The van der Waals surface area contributed by atoms with E-state index < -0.39 is 5.91 Å². The van der Waals surface area contributed by atoms with Crippen LogP contribution in [0.15, 0.2) is 29.8 Å². The van der Waals surface area contributed by atoms with Crippen molar-refractivity contribution in [1.82, 2.24) is 9.47 Å². The zero-order valence-corrected chi connectivity index (χ0v) is 19.6. The van der Waals surface area contributed by atoms with E-state index in [-0.39, 0.29) is 18.0 Å². The van der Waals surface area contributed by atoms with E-state index in [1.807, 2.05) is 26.0 Å². The van der Waals surface area contributed by atoms with Gasteiger partial charge in [-0.2, -0.15) is 5.26 Å². The number of rotatable bonds is 8. The number of aryl methyl sites for hydroxylation is 1. The number of aromatic nitrogens is 1. The first-order valence-electron chi connectivity index (χ1n) is 11.1. The highest BCUT2D eigenvalue weighted by Gasteiger charge is 2.21. The minimum Gasteiger partial charge on any atom is -0.486 e. The minimum absolute atomic E-state index is 0.000674. The smallest absolute Gasteiger partial charge is 0.264 e. The van der Waals surface area contributed by atoms with Gasteiger partial charge in [-0.1, -0.05) is 6.92 Å². The molecule has 3 rings (SSSR count). The summed E-state index contributed by atoms with van der Waals surface area (Å²) in [6.45, 7) is 9.81. The van der Waals surface area contributed by atoms with Gasteiger partial charge in [0, 0.05) is 36.2 Å². The number of carbonyl (C=O) groups excluding carboxylic acids is 2. The van der Waals surface area contributed by atoms with Crippen molar-refractivity contribution < 1.29 is 19.1 Å². The largest absolute Gasteiger partial charge is 0.486 e. The summed E-state index contributed by atoms with van der Waals surface area (Å²) in [6.07, 6.45) is 2.60. The summed E-state index contributed by atoms with van der Waals surface area (Å²) < 4.78 is 13.2. The van der Waals surface area contributed by atoms with E-state index in [2.05, 4.69) is 16.8 Å². The molecule has 1 aromatic carbocycles. The van der Waals surface area contributed by atoms with Gasteiger partial charge in [-0.05, 0) is 57.0 Å². The molecule has 0 saturated carbocycles. The third kappa shape index (κ3) is 5.55. The monoisotopic (exact) mass is 450 g/mol. The van der Waals surface area contributed by atoms with Crippen LogP contribution in [0.3, 0.4) is 0 Å². The third-order valence-electron chi connectivity index (χ3n) is 5.54. The standard InChI is InChI=1S/C25H30N4O4/c1-5-9-29-17(3)12-19(18(29)4)13-20(15-26)25(31)28(6-2)16-24(30)27-21-7-8-22-23(14-21)33-11-10-32-22/h7-8,12-14H,5-6,9-11,16H2,1-4H3,(H,27,30)/b20-13-. The number of nitrogens with one attached hydrogen (secondary N) is 1. The molecule has 0 radical (unpaired) electrons. The maximum Gasteiger partial charge on any atom is 0.264 e. The molecule has 2 amide bonds. The van der Waals surface area contributed by atoms with E-state index in [4.69, 9.17) is 9.47 Å². The number of anilines is 1. The number of likely N-dealkylation sites (N-methyl/N-ethyl adjacent to an activating group) is 1. The van der Waals surface area contributed by atoms with Gasteiger partial charge < -0.3 is 24.3 Å². The molecular weight excluding hydrogens is 420 g/mol. The number of ether oxygens (including phenoxy) is 2. The molecule has 1 aromatic heterocycles. The quantitative estimate of drug-likeness (QED) is 0.489. The molecule has 1 aliphatic heterocycles. The van der Waals surface area contributed by atoms with Crippen LogP contribution in [0.4, 0.5) is 5.69 Å². The Bertz CT molecular complexity index is 1110. The number of amides is 2. The highest BCUT2D eigenvalue weighted by molar-refractivity contribution is 6.04. The molecule has 2 heterocycles. The van der Waals surface area contributed by atoms with Gasteiger partial charge in [-0.3, -0.25) is 9.59 Å². The Morgan fingerprint density at radius 1 is 1.18 bits per heavy atom. The number of nitriles is 1. The van der Waals surface area contributed by atoms with Crippen LogP contribution in [0.5, 0.6) is 11.5 Å². The average Bonchev–Trinajstić information content (AvgIpc) is 3.08. The van der Waals surface area contributed by atoms with E-state index in [1.54, 1.807) is 31.2 Å². The van der Waals surface area contributed by atoms with Gasteiger partial charge >= 0.3 is 0 Å². The van der Waals surface area contributed by atoms with Crippen LogP contribution in [-0.2, 0) is 16.1 Å². The highest BCUT2D eigenvalue weighted by Crippen LogP contribution is 2.32. The molecule has 0 fully saturated rings. The minimum atomic E-state index is -0.474. The molecule has 2 aromatic rings. The number of hydrogen-bond acceptors (Lipinski definition) is 5. The van der Waals surface area contributed by atoms with Gasteiger partial charge in [0.1, 0.15) is 31.4 Å². The van der Waals surface area contributed by atoms with E-state index in [0.717, 1.165) is 29.9 Å². The van der Waals surface area contributed by atoms with Crippen molar-refractivity contribution in [3.05, 3.63) is 46.8 Å². The van der Waals surface area contributed by atoms with Crippen molar-refractivity contribution in [3.63, 3.8) is 0 Å². The highest BCUT2D eigenvalue weighted by atomic mass is 16.6. The summed E-state index contributed by atoms with van der Waals surface area (Å²) in [5.41, 5.74) is 3.47. The van der Waals surface area contributed by atoms with Gasteiger partial charge in [0.15, 0.2) is 11.5 Å². The van der Waals surface area contributed by atoms with Gasteiger partial charge in [0.05, 0.1) is 0 Å². The molecule has 0 atom stereocenters. The van der Waals surface area contributed by atoms with Gasteiger partial charge in [0.2, 0.25) is 5.91 Å². The first kappa shape index (κ1) is 23.9. The van der Waals surface area contributed by atoms with E-state index in [1.165, 1.54) is 4.90 Å². The molecule has 8 heteroatoms. The first-order chi connectivity index (χ1) is 15.9. The summed E-state index contributed by atoms with van der Waals surface area (Å²) in [5, 5.41) is 12.4. The van der Waals surface area contributed by atoms with Crippen LogP contribution in [0.25, 0.3) is 6.08 Å². The van der Waals surface area contributed by atoms with E-state index >= 15 is 0 Å². The summed E-state index contributed by atoms with van der Waals surface area (Å²) in [5.74, 6) is 0.363. The van der Waals surface area contributed by atoms with Crippen molar-refractivity contribution in [2.75, 3.05) is 31.6 Å². The Kier molecular flexibility index (Phi) is 7.78. The van der Waals surface area contributed by atoms with Crippen LogP contribution in [-0.4, -0.2) is 47.6 Å². The Hall–Kier alpha value is -3.73. The predicted molar refractivity (Wildman–Crippen MR) is 126 cm³/mol. The average molecular weight is 451 g/mol. The van der Waals surface area contributed by atoms with Crippen LogP contribution in [0.1, 0.15) is 37.2 Å². The molecule has 0 aliphatic carbocycles. The van der Waals surface area contributed by atoms with Gasteiger partial charge in [-0.15, -0.1) is 0 Å². The molecule has 8 nitrogen and oxygen atoms in total. The molecule has 0 bridgehead atoms. The third-order valence-corrected chi connectivity index (χ3v) is 5.54. The van der Waals surface area contributed by atoms with Crippen molar-refractivity contribution in [2.45, 2.75) is 40.7 Å². The Morgan fingerprint density at radius 3 is 2.58 bits per heavy atom. The molecule has 0 unspecified atom stereocenters. The molecule has 0 spiro atoms. The molecular formula is C25H30N4O4. The molecule has 174 valence electrons. The maximum atomic E-state index is 13.0. The lowest BCUT2D eigenvalue weighted by atomic mass is 10.1. The lowest BCUT2D eigenvalue weighted by molar-refractivity contribution is -0.130. The van der Waals surface area contributed by atoms with E-state index in [0.29, 0.717) is 36.9 Å². The molecule has 1 N–H and O–H groups in total. The summed E-state index contributed by atoms with van der Waals surface area (Å²) in [4.78, 5) is 27.0. The molecule has 1 aliphatic rings. The zero-order valence-electron chi connectivity index (χ0n) is 19.6. The van der Waals surface area contributed by atoms with Crippen LogP contribution in [0.2, 0.25) is 0 Å². The maximum absolute atomic E-state index is 13.0. The molecule has 0 saturated heterocycles. The normalized spacial score (nSPS) is 12.8. The molecule has 33 heavy (non-hydrogen) atoms. The van der Waals surface area contributed by atoms with Crippen LogP contribution in [0, 0.1) is 25.2 Å². The SMILES string of the molecule is CCCn1c(C)cc(/C=C(/C#N)C(=O)N(CC)CC(=O)Nc2ccc3c(c2)OCCO3)c1C. The fourth-order valence-electron chi connectivity index (χ4n) is 3.83. The van der Waals surface area contributed by atoms with Crippen molar-refractivity contribution in [3.8, 4) is 17.6 Å². The second kappa shape index (κ2) is 10.7. The fourth-order valence-corrected chi connectivity index (χ4v) is 3.83. The number of carbonyl (C=O) groups is 2. The Balaban J connectivity index is 1.72. The zero-order chi connectivity index (χ0) is 24.0. The van der Waals surface area contributed by atoms with Gasteiger partial charge in [0.25, 0.3) is 5.91 Å². The van der Waals surface area contributed by atoms with Crippen molar-refractivity contribution in [2.24, 2.45) is 0 Å². The second-order valence-corrected chi connectivity index (χ2v) is 7.87. The lowest BCUT2D eigenvalue weighted by Gasteiger charge is -2.21. The topological polar surface area (TPSA) is 96.6 Å². The predicted octanol–water partition coefficient (Wildman–Crippen LogP) is 3.68. The number of nitrogens with zero attached hydrogens (tertiary/aromatic N) is 3. The van der Waals surface area contributed by atoms with Crippen molar-refractivity contribution in [1.29, 1.82) is 5.26 Å². The first-order valence-corrected chi connectivity index (χ1v) is 11.1. The fraction of sp³-hybridized carbons (Fsp3) is 0.400. The van der Waals surface area contributed by atoms with Gasteiger partial charge in [-0.25, -0.2) is 0 Å². The lowest BCUT2D eigenvalue weighted by Crippen LogP contribution is -2.38. The number of fused-ring (bicyclic) bond motifs is 1. The Morgan fingerprint density at radius 2 is 1.91 bits per heavy atom. The van der Waals surface area contributed by atoms with Crippen LogP contribution < -0.4 is 14.8 Å².